The van der Waals surface area contributed by atoms with Crippen LogP contribution in [-0.4, -0.2) is 14.4 Å². The fraction of sp³-hybridized carbons (Fsp3) is 0.0769. The SMILES string of the molecule is NC(=S)c1cc(Br)ccc1OCc1cn2ccsc2n1. The van der Waals surface area contributed by atoms with Crippen molar-refractivity contribution in [2.75, 3.05) is 0 Å². The van der Waals surface area contributed by atoms with E-state index in [4.69, 9.17) is 22.7 Å². The van der Waals surface area contributed by atoms with Crippen molar-refractivity contribution in [3.05, 3.63) is 51.7 Å². The zero-order valence-electron chi connectivity index (χ0n) is 10.2. The molecule has 3 aromatic rings. The highest BCUT2D eigenvalue weighted by molar-refractivity contribution is 9.10. The predicted molar refractivity (Wildman–Crippen MR) is 87.4 cm³/mol. The lowest BCUT2D eigenvalue weighted by atomic mass is 10.2. The Hall–Kier alpha value is -1.44. The summed E-state index contributed by atoms with van der Waals surface area (Å²) in [4.78, 5) is 5.73. The number of hydrogen-bond acceptors (Lipinski definition) is 4. The first-order chi connectivity index (χ1) is 9.63. The first-order valence-corrected chi connectivity index (χ1v) is 7.85. The highest BCUT2D eigenvalue weighted by Gasteiger charge is 2.09. The van der Waals surface area contributed by atoms with Gasteiger partial charge in [-0.15, -0.1) is 11.3 Å². The molecule has 2 heterocycles. The number of rotatable bonds is 4. The zero-order valence-corrected chi connectivity index (χ0v) is 13.5. The minimum absolute atomic E-state index is 0.312. The minimum atomic E-state index is 0.312. The Morgan fingerprint density at radius 3 is 3.10 bits per heavy atom. The molecule has 20 heavy (non-hydrogen) atoms. The van der Waals surface area contributed by atoms with Crippen LogP contribution in [0.2, 0.25) is 0 Å². The summed E-state index contributed by atoms with van der Waals surface area (Å²) in [5.41, 5.74) is 7.30. The Morgan fingerprint density at radius 1 is 1.50 bits per heavy atom. The molecule has 0 aliphatic carbocycles. The van der Waals surface area contributed by atoms with E-state index in [0.717, 1.165) is 20.7 Å². The van der Waals surface area contributed by atoms with Crippen LogP contribution in [0.25, 0.3) is 4.96 Å². The van der Waals surface area contributed by atoms with Gasteiger partial charge >= 0.3 is 0 Å². The number of hydrogen-bond donors (Lipinski definition) is 1. The van der Waals surface area contributed by atoms with Crippen molar-refractivity contribution in [1.82, 2.24) is 9.38 Å². The largest absolute Gasteiger partial charge is 0.486 e. The highest BCUT2D eigenvalue weighted by Crippen LogP contribution is 2.24. The molecule has 0 aliphatic heterocycles. The monoisotopic (exact) mass is 367 g/mol. The van der Waals surface area contributed by atoms with Gasteiger partial charge in [0.05, 0.1) is 11.3 Å². The van der Waals surface area contributed by atoms with E-state index >= 15 is 0 Å². The standard InChI is InChI=1S/C13H10BrN3OS2/c14-8-1-2-11(10(5-8)12(15)19)18-7-9-6-17-3-4-20-13(17)16-9/h1-6H,7H2,(H2,15,19). The van der Waals surface area contributed by atoms with Gasteiger partial charge in [-0.25, -0.2) is 4.98 Å². The van der Waals surface area contributed by atoms with Gasteiger partial charge in [-0.2, -0.15) is 0 Å². The van der Waals surface area contributed by atoms with Crippen molar-refractivity contribution in [3.8, 4) is 5.75 Å². The molecule has 3 rings (SSSR count). The van der Waals surface area contributed by atoms with Crippen LogP contribution < -0.4 is 10.5 Å². The molecule has 0 radical (unpaired) electrons. The van der Waals surface area contributed by atoms with Crippen LogP contribution >= 0.6 is 39.5 Å². The number of ether oxygens (including phenoxy) is 1. The first kappa shape index (κ1) is 13.5. The van der Waals surface area contributed by atoms with Gasteiger partial charge in [-0.1, -0.05) is 28.1 Å². The van der Waals surface area contributed by atoms with Gasteiger partial charge < -0.3 is 10.5 Å². The summed E-state index contributed by atoms with van der Waals surface area (Å²) in [6.45, 7) is 0.381. The molecule has 1 aromatic carbocycles. The fourth-order valence-corrected chi connectivity index (χ4v) is 3.06. The van der Waals surface area contributed by atoms with Crippen molar-refractivity contribution in [2.45, 2.75) is 6.61 Å². The summed E-state index contributed by atoms with van der Waals surface area (Å²) in [5.74, 6) is 0.664. The molecule has 0 amide bonds. The van der Waals surface area contributed by atoms with E-state index in [1.54, 1.807) is 11.3 Å². The Morgan fingerprint density at radius 2 is 2.35 bits per heavy atom. The van der Waals surface area contributed by atoms with Gasteiger partial charge in [-0.3, -0.25) is 4.40 Å². The van der Waals surface area contributed by atoms with Crippen LogP contribution in [0.1, 0.15) is 11.3 Å². The maximum Gasteiger partial charge on any atom is 0.193 e. The second kappa shape index (κ2) is 5.51. The first-order valence-electron chi connectivity index (χ1n) is 5.77. The van der Waals surface area contributed by atoms with Gasteiger partial charge in [-0.05, 0) is 18.2 Å². The van der Waals surface area contributed by atoms with E-state index < -0.39 is 0 Å². The molecule has 0 fully saturated rings. The second-order valence-corrected chi connectivity index (χ2v) is 6.35. The molecule has 102 valence electrons. The van der Waals surface area contributed by atoms with Crippen molar-refractivity contribution >= 4 is 49.4 Å². The number of thiazole rings is 1. The van der Waals surface area contributed by atoms with Gasteiger partial charge in [0.2, 0.25) is 0 Å². The Bertz CT molecular complexity index is 752. The molecule has 0 bridgehead atoms. The maximum atomic E-state index is 5.78. The summed E-state index contributed by atoms with van der Waals surface area (Å²) >= 11 is 10.0. The molecular weight excluding hydrogens is 358 g/mol. The molecule has 0 spiro atoms. The van der Waals surface area contributed by atoms with Gasteiger partial charge in [0.1, 0.15) is 17.3 Å². The van der Waals surface area contributed by atoms with Crippen LogP contribution in [0, 0.1) is 0 Å². The van der Waals surface area contributed by atoms with Crippen molar-refractivity contribution in [3.63, 3.8) is 0 Å². The third-order valence-electron chi connectivity index (χ3n) is 2.73. The number of benzene rings is 1. The minimum Gasteiger partial charge on any atom is -0.486 e. The summed E-state index contributed by atoms with van der Waals surface area (Å²) < 4.78 is 8.66. The number of thiocarbonyl (C=S) groups is 1. The smallest absolute Gasteiger partial charge is 0.193 e. The van der Waals surface area contributed by atoms with E-state index in [1.165, 1.54) is 0 Å². The van der Waals surface area contributed by atoms with Crippen LogP contribution in [0.3, 0.4) is 0 Å². The van der Waals surface area contributed by atoms with E-state index in [0.29, 0.717) is 17.3 Å². The molecule has 0 unspecified atom stereocenters. The third kappa shape index (κ3) is 2.70. The topological polar surface area (TPSA) is 52.5 Å². The fourth-order valence-electron chi connectivity index (χ4n) is 1.82. The van der Waals surface area contributed by atoms with Crippen LogP contribution in [0.5, 0.6) is 5.75 Å². The van der Waals surface area contributed by atoms with Crippen molar-refractivity contribution in [1.29, 1.82) is 0 Å². The lowest BCUT2D eigenvalue weighted by Gasteiger charge is -2.09. The van der Waals surface area contributed by atoms with Crippen LogP contribution in [0.4, 0.5) is 0 Å². The van der Waals surface area contributed by atoms with Gasteiger partial charge in [0.15, 0.2) is 4.96 Å². The molecular formula is C13H10BrN3OS2. The average molecular weight is 368 g/mol. The summed E-state index contributed by atoms with van der Waals surface area (Å²) in [6.07, 6.45) is 3.92. The van der Waals surface area contributed by atoms with Crippen molar-refractivity contribution in [2.24, 2.45) is 5.73 Å². The molecule has 7 heteroatoms. The number of nitrogens with two attached hydrogens (primary N) is 1. The van der Waals surface area contributed by atoms with E-state index in [9.17, 15) is 0 Å². The predicted octanol–water partition coefficient (Wildman–Crippen LogP) is 3.37. The summed E-state index contributed by atoms with van der Waals surface area (Å²) in [7, 11) is 0. The molecule has 4 nitrogen and oxygen atoms in total. The van der Waals surface area contributed by atoms with E-state index in [1.807, 2.05) is 40.4 Å². The average Bonchev–Trinajstić information content (AvgIpc) is 2.97. The van der Waals surface area contributed by atoms with Crippen LogP contribution in [0.15, 0.2) is 40.4 Å². The molecule has 0 aliphatic rings. The molecule has 0 saturated carbocycles. The quantitative estimate of drug-likeness (QED) is 0.718. The Kier molecular flexibility index (Phi) is 3.73. The third-order valence-corrected chi connectivity index (χ3v) is 4.21. The normalized spacial score (nSPS) is 10.8. The lowest BCUT2D eigenvalue weighted by molar-refractivity contribution is 0.301. The summed E-state index contributed by atoms with van der Waals surface area (Å²) in [6, 6.07) is 5.59. The van der Waals surface area contributed by atoms with Gasteiger partial charge in [0.25, 0.3) is 0 Å². The van der Waals surface area contributed by atoms with Crippen molar-refractivity contribution < 1.29 is 4.74 Å². The lowest BCUT2D eigenvalue weighted by Crippen LogP contribution is -2.11. The van der Waals surface area contributed by atoms with E-state index in [-0.39, 0.29) is 0 Å². The number of halogens is 1. The van der Waals surface area contributed by atoms with Gasteiger partial charge in [0, 0.05) is 22.2 Å². The zero-order chi connectivity index (χ0) is 14.1. The number of aromatic nitrogens is 2. The Labute approximate surface area is 133 Å². The maximum absolute atomic E-state index is 5.78. The van der Waals surface area contributed by atoms with Crippen LogP contribution in [-0.2, 0) is 6.61 Å². The number of nitrogens with zero attached hydrogens (tertiary/aromatic N) is 2. The molecule has 0 atom stereocenters. The number of imidazole rings is 1. The Balaban J connectivity index is 1.81. The molecule has 2 aromatic heterocycles. The molecule has 2 N–H and O–H groups in total. The second-order valence-electron chi connectivity index (χ2n) is 4.12. The molecule has 0 saturated heterocycles. The highest BCUT2D eigenvalue weighted by atomic mass is 79.9. The summed E-state index contributed by atoms with van der Waals surface area (Å²) in [5, 5.41) is 1.99. The number of fused-ring (bicyclic) bond motifs is 1. The van der Waals surface area contributed by atoms with E-state index in [2.05, 4.69) is 20.9 Å².